The maximum Gasteiger partial charge on any atom is 0.307 e. The summed E-state index contributed by atoms with van der Waals surface area (Å²) >= 11 is 3.76. The Bertz CT molecular complexity index is 951. The summed E-state index contributed by atoms with van der Waals surface area (Å²) in [5.74, 6) is -0.543. The monoisotopic (exact) mass is 450 g/mol. The molecule has 1 aliphatic rings. The van der Waals surface area contributed by atoms with Gasteiger partial charge < -0.3 is 10.1 Å². The van der Waals surface area contributed by atoms with Gasteiger partial charge in [0.1, 0.15) is 0 Å². The number of esters is 1. The highest BCUT2D eigenvalue weighted by atomic mass is 35.5. The lowest BCUT2D eigenvalue weighted by molar-refractivity contribution is -0.140. The predicted molar refractivity (Wildman–Crippen MR) is 116 cm³/mol. The molecule has 0 spiro atoms. The van der Waals surface area contributed by atoms with Crippen molar-refractivity contribution in [2.75, 3.05) is 18.0 Å². The number of methoxy groups -OCH3 is 1. The minimum absolute atomic E-state index is 0.132. The van der Waals surface area contributed by atoms with Gasteiger partial charge in [-0.3, -0.25) is 18.4 Å². The zero-order valence-electron chi connectivity index (χ0n) is 16.5. The van der Waals surface area contributed by atoms with Gasteiger partial charge in [0, 0.05) is 11.6 Å². The van der Waals surface area contributed by atoms with Gasteiger partial charge in [-0.1, -0.05) is 29.8 Å². The van der Waals surface area contributed by atoms with Gasteiger partial charge in [0.2, 0.25) is 5.91 Å². The van der Waals surface area contributed by atoms with Crippen molar-refractivity contribution in [3.05, 3.63) is 64.2 Å². The second-order valence-electron chi connectivity index (χ2n) is 7.05. The molecule has 0 aromatic heterocycles. The molecule has 0 saturated carbocycles. The van der Waals surface area contributed by atoms with Gasteiger partial charge in [0.25, 0.3) is 11.3 Å². The smallest absolute Gasteiger partial charge is 0.307 e. The van der Waals surface area contributed by atoms with Crippen LogP contribution in [0.4, 0.5) is 5.69 Å². The molecule has 0 heterocycles. The number of carbonyl (C=O) groups is 2. The standard InChI is InChI=1S/C21H23ClN2O5S/c1-29-21(26)8-9-23-20(25)11-14-2-3-15-12-19(13-16(15)10-14)24(30(27)28)18-6-4-17(22)5-7-18/h2-7,10,19H,8-9,11-13H2,1H3,(H,23,25)(H,27,28). The van der Waals surface area contributed by atoms with Crippen molar-refractivity contribution >= 4 is 40.4 Å². The van der Waals surface area contributed by atoms with E-state index in [2.05, 4.69) is 10.1 Å². The van der Waals surface area contributed by atoms with Crippen molar-refractivity contribution in [1.29, 1.82) is 0 Å². The number of halogens is 1. The van der Waals surface area contributed by atoms with Gasteiger partial charge in [-0.2, -0.15) is 0 Å². The third-order valence-electron chi connectivity index (χ3n) is 5.01. The molecule has 0 fully saturated rings. The molecule has 1 aliphatic carbocycles. The molecule has 7 nitrogen and oxygen atoms in total. The first-order valence-corrected chi connectivity index (χ1v) is 10.9. The molecule has 3 rings (SSSR count). The highest BCUT2D eigenvalue weighted by Crippen LogP contribution is 2.31. The second kappa shape index (κ2) is 10.1. The Hall–Kier alpha value is -2.42. The summed E-state index contributed by atoms with van der Waals surface area (Å²) in [5, 5.41) is 3.26. The van der Waals surface area contributed by atoms with Crippen molar-refractivity contribution in [1.82, 2.24) is 5.32 Å². The first kappa shape index (κ1) is 22.3. The number of benzene rings is 2. The number of carbonyl (C=O) groups excluding carboxylic acids is 2. The fraction of sp³-hybridized carbons (Fsp3) is 0.333. The molecule has 2 N–H and O–H groups in total. The number of hydrogen-bond acceptors (Lipinski definition) is 4. The number of anilines is 1. The number of nitrogens with one attached hydrogen (secondary N) is 1. The van der Waals surface area contributed by atoms with E-state index in [4.69, 9.17) is 11.6 Å². The Morgan fingerprint density at radius 2 is 1.90 bits per heavy atom. The number of rotatable bonds is 8. The molecule has 2 aromatic carbocycles. The van der Waals surface area contributed by atoms with Gasteiger partial charge in [0.15, 0.2) is 0 Å². The minimum Gasteiger partial charge on any atom is -0.469 e. The van der Waals surface area contributed by atoms with Crippen LogP contribution in [0, 0.1) is 0 Å². The van der Waals surface area contributed by atoms with Crippen LogP contribution in [0.2, 0.25) is 5.02 Å². The van der Waals surface area contributed by atoms with Crippen molar-refractivity contribution in [2.24, 2.45) is 0 Å². The summed E-state index contributed by atoms with van der Waals surface area (Å²) < 4.78 is 27.9. The summed E-state index contributed by atoms with van der Waals surface area (Å²) in [7, 11) is 1.31. The minimum atomic E-state index is -2.17. The number of amides is 1. The van der Waals surface area contributed by atoms with Crippen LogP contribution in [0.3, 0.4) is 0 Å². The fourth-order valence-corrected chi connectivity index (χ4v) is 4.43. The van der Waals surface area contributed by atoms with E-state index in [-0.39, 0.29) is 37.3 Å². The van der Waals surface area contributed by atoms with E-state index in [1.807, 2.05) is 18.2 Å². The van der Waals surface area contributed by atoms with Gasteiger partial charge in [-0.25, -0.2) is 4.21 Å². The number of fused-ring (bicyclic) bond motifs is 1. The van der Waals surface area contributed by atoms with Crippen LogP contribution in [-0.2, 0) is 44.9 Å². The van der Waals surface area contributed by atoms with Crippen LogP contribution < -0.4 is 9.62 Å². The van der Waals surface area contributed by atoms with E-state index in [9.17, 15) is 18.4 Å². The van der Waals surface area contributed by atoms with Gasteiger partial charge in [-0.05, 0) is 53.8 Å². The van der Waals surface area contributed by atoms with Crippen molar-refractivity contribution in [3.63, 3.8) is 0 Å². The van der Waals surface area contributed by atoms with E-state index in [1.54, 1.807) is 24.3 Å². The van der Waals surface area contributed by atoms with Gasteiger partial charge in [0.05, 0.1) is 31.7 Å². The predicted octanol–water partition coefficient (Wildman–Crippen LogP) is 2.67. The van der Waals surface area contributed by atoms with E-state index >= 15 is 0 Å². The zero-order chi connectivity index (χ0) is 21.7. The second-order valence-corrected chi connectivity index (χ2v) is 8.34. The zero-order valence-corrected chi connectivity index (χ0v) is 18.0. The van der Waals surface area contributed by atoms with Gasteiger partial charge >= 0.3 is 5.97 Å². The summed E-state index contributed by atoms with van der Waals surface area (Å²) in [6.07, 6.45) is 1.57. The lowest BCUT2D eigenvalue weighted by atomic mass is 10.0. The quantitative estimate of drug-likeness (QED) is 0.476. The number of hydrogen-bond donors (Lipinski definition) is 2. The Morgan fingerprint density at radius 3 is 2.57 bits per heavy atom. The fourth-order valence-electron chi connectivity index (χ4n) is 3.59. The Balaban J connectivity index is 1.65. The molecule has 1 amide bonds. The van der Waals surface area contributed by atoms with Crippen LogP contribution >= 0.6 is 11.6 Å². The normalized spacial score (nSPS) is 15.9. The van der Waals surface area contributed by atoms with Crippen molar-refractivity contribution < 1.29 is 23.1 Å². The topological polar surface area (TPSA) is 95.9 Å². The average molecular weight is 451 g/mol. The maximum absolute atomic E-state index is 12.1. The Morgan fingerprint density at radius 1 is 1.20 bits per heavy atom. The lowest BCUT2D eigenvalue weighted by Gasteiger charge is -2.26. The third kappa shape index (κ3) is 5.59. The summed E-state index contributed by atoms with van der Waals surface area (Å²) in [4.78, 5) is 23.2. The van der Waals surface area contributed by atoms with Gasteiger partial charge in [-0.15, -0.1) is 0 Å². The summed E-state index contributed by atoms with van der Waals surface area (Å²) in [5.41, 5.74) is 3.64. The first-order chi connectivity index (χ1) is 14.4. The molecule has 2 aromatic rings. The molecule has 30 heavy (non-hydrogen) atoms. The van der Waals surface area contributed by atoms with Crippen LogP contribution in [0.1, 0.15) is 23.1 Å². The molecule has 0 aliphatic heterocycles. The Labute approximate surface area is 182 Å². The molecule has 0 saturated heterocycles. The molecule has 0 bridgehead atoms. The van der Waals surface area contributed by atoms with Crippen LogP contribution in [0.5, 0.6) is 0 Å². The molecule has 0 radical (unpaired) electrons. The highest BCUT2D eigenvalue weighted by Gasteiger charge is 2.30. The number of ether oxygens (including phenoxy) is 1. The van der Waals surface area contributed by atoms with Crippen LogP contribution in [-0.4, -0.2) is 40.3 Å². The van der Waals surface area contributed by atoms with Crippen LogP contribution in [0.25, 0.3) is 0 Å². The summed E-state index contributed by atoms with van der Waals surface area (Å²) in [6.45, 7) is 0.233. The Kier molecular flexibility index (Phi) is 7.47. The molecule has 160 valence electrons. The first-order valence-electron chi connectivity index (χ1n) is 9.47. The van der Waals surface area contributed by atoms with E-state index < -0.39 is 11.3 Å². The molecule has 9 heteroatoms. The van der Waals surface area contributed by atoms with Crippen molar-refractivity contribution in [2.45, 2.75) is 31.7 Å². The summed E-state index contributed by atoms with van der Waals surface area (Å²) in [6, 6.07) is 12.5. The molecular formula is C21H23ClN2O5S. The van der Waals surface area contributed by atoms with Crippen molar-refractivity contribution in [3.8, 4) is 0 Å². The third-order valence-corrected chi connectivity index (χ3v) is 6.10. The van der Waals surface area contributed by atoms with E-state index in [0.717, 1.165) is 16.7 Å². The van der Waals surface area contributed by atoms with Crippen LogP contribution in [0.15, 0.2) is 42.5 Å². The lowest BCUT2D eigenvalue weighted by Crippen LogP contribution is -2.37. The number of nitrogens with zero attached hydrogens (tertiary/aromatic N) is 1. The van der Waals surface area contributed by atoms with E-state index in [1.165, 1.54) is 11.4 Å². The molecule has 2 unspecified atom stereocenters. The maximum atomic E-state index is 12.1. The van der Waals surface area contributed by atoms with E-state index in [0.29, 0.717) is 23.6 Å². The molecule has 2 atom stereocenters. The largest absolute Gasteiger partial charge is 0.469 e. The molecular weight excluding hydrogens is 428 g/mol. The average Bonchev–Trinajstić information content (AvgIpc) is 3.11. The highest BCUT2D eigenvalue weighted by molar-refractivity contribution is 7.80. The SMILES string of the molecule is COC(=O)CCNC(=O)Cc1ccc2c(c1)CC(N(c1ccc(Cl)cc1)S(=O)O)C2.